The van der Waals surface area contributed by atoms with E-state index in [2.05, 4.69) is 10.5 Å². The smallest absolute Gasteiger partial charge is 0.268 e. The van der Waals surface area contributed by atoms with Crippen LogP contribution in [0.25, 0.3) is 0 Å². The molecule has 0 unspecified atom stereocenters. The van der Waals surface area contributed by atoms with Crippen LogP contribution in [0.15, 0.2) is 46.4 Å². The van der Waals surface area contributed by atoms with Gasteiger partial charge in [0.2, 0.25) is 6.10 Å². The van der Waals surface area contributed by atoms with Crippen LogP contribution in [0.4, 0.5) is 5.69 Å². The predicted molar refractivity (Wildman–Crippen MR) is 98.2 cm³/mol. The number of oxime groups is 1. The molecule has 3 rings (SSSR count). The third-order valence-corrected chi connectivity index (χ3v) is 6.75. The van der Waals surface area contributed by atoms with Crippen LogP contribution < -0.4 is 5.32 Å². The van der Waals surface area contributed by atoms with E-state index in [9.17, 15) is 13.2 Å². The summed E-state index contributed by atoms with van der Waals surface area (Å²) in [6.45, 7) is 1.56. The molecular weight excluding hydrogens is 384 g/mol. The van der Waals surface area contributed by atoms with Crippen molar-refractivity contribution in [2.24, 2.45) is 5.16 Å². The molecular formula is C16H15ClN2O4S2. The Morgan fingerprint density at radius 3 is 2.80 bits per heavy atom. The number of halogens is 1. The van der Waals surface area contributed by atoms with E-state index in [1.54, 1.807) is 31.2 Å². The van der Waals surface area contributed by atoms with E-state index in [1.807, 2.05) is 6.07 Å². The summed E-state index contributed by atoms with van der Waals surface area (Å²) >= 11 is 7.26. The number of carbonyl (C=O) groups is 1. The van der Waals surface area contributed by atoms with Crippen molar-refractivity contribution in [3.05, 3.63) is 45.6 Å². The average Bonchev–Trinajstić information content (AvgIpc) is 3.24. The van der Waals surface area contributed by atoms with Crippen molar-refractivity contribution in [1.82, 2.24) is 0 Å². The number of nitrogens with one attached hydrogen (secondary N) is 1. The normalized spacial score (nSPS) is 17.0. The summed E-state index contributed by atoms with van der Waals surface area (Å²) < 4.78 is 24.9. The lowest BCUT2D eigenvalue weighted by atomic mass is 10.1. The highest BCUT2D eigenvalue weighted by atomic mass is 35.5. The van der Waals surface area contributed by atoms with Crippen molar-refractivity contribution in [2.45, 2.75) is 24.3 Å². The molecule has 6 nitrogen and oxygen atoms in total. The minimum Gasteiger partial charge on any atom is -0.382 e. The van der Waals surface area contributed by atoms with Crippen molar-refractivity contribution < 1.29 is 18.0 Å². The van der Waals surface area contributed by atoms with Gasteiger partial charge in [0.05, 0.1) is 25.5 Å². The molecule has 9 heteroatoms. The number of hydrogen-bond acceptors (Lipinski definition) is 6. The van der Waals surface area contributed by atoms with Crippen molar-refractivity contribution >= 4 is 50.1 Å². The second-order valence-electron chi connectivity index (χ2n) is 5.33. The zero-order valence-electron chi connectivity index (χ0n) is 13.2. The molecule has 1 aromatic carbocycles. The number of carbonyl (C=O) groups excluding carboxylic acids is 1. The molecule has 0 aliphatic carbocycles. The third-order valence-electron chi connectivity index (χ3n) is 3.68. The molecule has 2 aromatic rings. The lowest BCUT2D eigenvalue weighted by Crippen LogP contribution is -2.28. The summed E-state index contributed by atoms with van der Waals surface area (Å²) in [7, 11) is -3.45. The molecule has 1 aliphatic rings. The Kier molecular flexibility index (Phi) is 5.12. The molecule has 25 heavy (non-hydrogen) atoms. The van der Waals surface area contributed by atoms with Crippen molar-refractivity contribution in [1.29, 1.82) is 0 Å². The van der Waals surface area contributed by atoms with E-state index in [0.717, 1.165) is 4.88 Å². The summed E-state index contributed by atoms with van der Waals surface area (Å²) in [5.74, 6) is -0.494. The summed E-state index contributed by atoms with van der Waals surface area (Å²) in [6.07, 6.45) is -0.515. The number of thiophene rings is 1. The molecule has 0 saturated carbocycles. The molecule has 1 atom stereocenters. The molecule has 1 aliphatic heterocycles. The number of rotatable bonds is 5. The molecule has 0 fully saturated rings. The zero-order chi connectivity index (χ0) is 18.0. The highest BCUT2D eigenvalue weighted by Crippen LogP contribution is 2.27. The molecule has 0 saturated heterocycles. The zero-order valence-corrected chi connectivity index (χ0v) is 15.6. The van der Waals surface area contributed by atoms with Gasteiger partial charge in [0.15, 0.2) is 9.84 Å². The number of hydrogen-bond donors (Lipinski definition) is 1. The van der Waals surface area contributed by atoms with Crippen LogP contribution in [-0.4, -0.2) is 31.9 Å². The fourth-order valence-corrected chi connectivity index (χ4v) is 4.43. The second-order valence-corrected chi connectivity index (χ2v) is 9.29. The Labute approximate surface area is 154 Å². The van der Waals surface area contributed by atoms with Gasteiger partial charge in [0, 0.05) is 6.42 Å². The van der Waals surface area contributed by atoms with Crippen LogP contribution in [0, 0.1) is 0 Å². The number of anilines is 1. The van der Waals surface area contributed by atoms with Gasteiger partial charge in [-0.3, -0.25) is 4.79 Å². The maximum atomic E-state index is 12.4. The Bertz CT molecular complexity index is 937. The van der Waals surface area contributed by atoms with Crippen molar-refractivity contribution in [3.63, 3.8) is 0 Å². The second kappa shape index (κ2) is 7.15. The van der Waals surface area contributed by atoms with Gasteiger partial charge >= 0.3 is 0 Å². The highest BCUT2D eigenvalue weighted by molar-refractivity contribution is 7.91. The van der Waals surface area contributed by atoms with E-state index in [1.165, 1.54) is 17.4 Å². The number of nitrogens with zero attached hydrogens (tertiary/aromatic N) is 1. The van der Waals surface area contributed by atoms with Crippen LogP contribution in [0.5, 0.6) is 0 Å². The molecule has 0 spiro atoms. The van der Waals surface area contributed by atoms with Crippen LogP contribution in [0.2, 0.25) is 4.34 Å². The van der Waals surface area contributed by atoms with Crippen molar-refractivity contribution in [3.8, 4) is 0 Å². The molecule has 0 radical (unpaired) electrons. The van der Waals surface area contributed by atoms with Gasteiger partial charge in [-0.25, -0.2) is 8.42 Å². The predicted octanol–water partition coefficient (Wildman–Crippen LogP) is 3.33. The van der Waals surface area contributed by atoms with Gasteiger partial charge in [-0.15, -0.1) is 11.3 Å². The minimum atomic E-state index is -3.45. The monoisotopic (exact) mass is 398 g/mol. The summed E-state index contributed by atoms with van der Waals surface area (Å²) in [6, 6.07) is 9.87. The molecule has 1 amide bonds. The maximum absolute atomic E-state index is 12.4. The maximum Gasteiger partial charge on any atom is 0.268 e. The topological polar surface area (TPSA) is 84.8 Å². The Balaban J connectivity index is 1.73. The lowest BCUT2D eigenvalue weighted by molar-refractivity contribution is -0.125. The van der Waals surface area contributed by atoms with E-state index in [-0.39, 0.29) is 16.3 Å². The Morgan fingerprint density at radius 2 is 2.12 bits per heavy atom. The largest absolute Gasteiger partial charge is 0.382 e. The first-order chi connectivity index (χ1) is 11.9. The number of para-hydroxylation sites is 1. The van der Waals surface area contributed by atoms with Gasteiger partial charge in [-0.05, 0) is 24.3 Å². The van der Waals surface area contributed by atoms with Crippen LogP contribution in [0.1, 0.15) is 18.2 Å². The molecule has 1 N–H and O–H groups in total. The first kappa shape index (κ1) is 17.9. The molecule has 132 valence electrons. The summed E-state index contributed by atoms with van der Waals surface area (Å²) in [4.78, 5) is 18.6. The van der Waals surface area contributed by atoms with Crippen LogP contribution in [-0.2, 0) is 19.5 Å². The molecule has 1 aromatic heterocycles. The van der Waals surface area contributed by atoms with Gasteiger partial charge in [-0.2, -0.15) is 0 Å². The van der Waals surface area contributed by atoms with E-state index in [0.29, 0.717) is 16.5 Å². The fraction of sp³-hybridized carbons (Fsp3) is 0.250. The summed E-state index contributed by atoms with van der Waals surface area (Å²) in [5.41, 5.74) is 0.886. The molecule has 0 bridgehead atoms. The van der Waals surface area contributed by atoms with Crippen molar-refractivity contribution in [2.75, 3.05) is 11.1 Å². The molecule has 2 heterocycles. The van der Waals surface area contributed by atoms with Gasteiger partial charge in [0.25, 0.3) is 5.91 Å². The number of sulfone groups is 1. The highest BCUT2D eigenvalue weighted by Gasteiger charge is 2.30. The Morgan fingerprint density at radius 1 is 1.36 bits per heavy atom. The first-order valence-corrected chi connectivity index (χ1v) is 10.4. The van der Waals surface area contributed by atoms with E-state index in [4.69, 9.17) is 16.4 Å². The van der Waals surface area contributed by atoms with Crippen LogP contribution in [0.3, 0.4) is 0 Å². The number of benzene rings is 1. The van der Waals surface area contributed by atoms with E-state index < -0.39 is 21.8 Å². The first-order valence-electron chi connectivity index (χ1n) is 7.51. The van der Waals surface area contributed by atoms with Gasteiger partial charge in [0.1, 0.15) is 5.71 Å². The fourth-order valence-electron chi connectivity index (χ4n) is 2.34. The minimum absolute atomic E-state index is 0.0494. The average molecular weight is 399 g/mol. The standard InChI is InChI=1S/C16H15ClN2O4S2/c1-2-25(21,22)14-6-4-3-5-10(14)18-16(20)12-9-11(19-23-12)13-7-8-15(17)24-13/h3-8,12H,2,9H2,1H3,(H,18,20)/t12-/m1/s1. The lowest BCUT2D eigenvalue weighted by Gasteiger charge is -2.13. The summed E-state index contributed by atoms with van der Waals surface area (Å²) in [5, 5.41) is 6.57. The quantitative estimate of drug-likeness (QED) is 0.837. The van der Waals surface area contributed by atoms with Gasteiger partial charge < -0.3 is 10.2 Å². The third kappa shape index (κ3) is 3.86. The SMILES string of the molecule is CCS(=O)(=O)c1ccccc1NC(=O)[C@H]1CC(c2ccc(Cl)s2)=NO1. The van der Waals surface area contributed by atoms with Crippen LogP contribution >= 0.6 is 22.9 Å². The van der Waals surface area contributed by atoms with E-state index >= 15 is 0 Å². The van der Waals surface area contributed by atoms with Gasteiger partial charge in [-0.1, -0.05) is 35.8 Å². The number of amides is 1. The Hall–Kier alpha value is -1.90.